The Labute approximate surface area is 91.4 Å². The normalized spacial score (nSPS) is 17.3. The molecule has 0 radical (unpaired) electrons. The average Bonchev–Trinajstić information content (AvgIpc) is 2.64. The number of benzene rings is 1. The van der Waals surface area contributed by atoms with Gasteiger partial charge in [-0.2, -0.15) is 0 Å². The van der Waals surface area contributed by atoms with Crippen LogP contribution < -0.4 is 4.74 Å². The van der Waals surface area contributed by atoms with E-state index in [9.17, 15) is 4.39 Å². The second-order valence-corrected chi connectivity index (χ2v) is 4.45. The van der Waals surface area contributed by atoms with E-state index in [1.165, 1.54) is 18.9 Å². The zero-order valence-corrected chi connectivity index (χ0v) is 9.39. The molecule has 1 aliphatic carbocycles. The predicted octanol–water partition coefficient (Wildman–Crippen LogP) is 3.91. The van der Waals surface area contributed by atoms with Gasteiger partial charge in [0.15, 0.2) is 0 Å². The van der Waals surface area contributed by atoms with Gasteiger partial charge in [0.2, 0.25) is 0 Å². The minimum Gasteiger partial charge on any atom is -0.490 e. The first kappa shape index (κ1) is 9.97. The highest BCUT2D eigenvalue weighted by molar-refractivity contribution is 9.10. The van der Waals surface area contributed by atoms with Gasteiger partial charge in [-0.15, -0.1) is 0 Å². The molecule has 0 heterocycles. The Morgan fingerprint density at radius 2 is 2.00 bits per heavy atom. The molecule has 0 unspecified atom stereocenters. The molecule has 1 nitrogen and oxygen atoms in total. The molecular formula is C11H12BrFO. The first-order chi connectivity index (χ1) is 6.75. The summed E-state index contributed by atoms with van der Waals surface area (Å²) >= 11 is 3.11. The van der Waals surface area contributed by atoms with E-state index in [4.69, 9.17) is 4.74 Å². The Kier molecular flexibility index (Phi) is 3.06. The molecule has 1 saturated carbocycles. The van der Waals surface area contributed by atoms with Crippen molar-refractivity contribution >= 4 is 15.9 Å². The lowest BCUT2D eigenvalue weighted by molar-refractivity contribution is 0.209. The number of ether oxygens (including phenoxy) is 1. The van der Waals surface area contributed by atoms with E-state index in [1.54, 1.807) is 12.1 Å². The van der Waals surface area contributed by atoms with E-state index in [-0.39, 0.29) is 11.9 Å². The molecule has 0 atom stereocenters. The molecule has 0 saturated heterocycles. The molecule has 1 aromatic rings. The number of hydrogen-bond donors (Lipinski definition) is 0. The standard InChI is InChI=1S/C11H12BrFO/c12-10-6-5-9(7-11(10)13)14-8-3-1-2-4-8/h5-8H,1-4H2. The Hall–Kier alpha value is -0.570. The SMILES string of the molecule is Fc1cc(OC2CCCC2)ccc1Br. The Bertz CT molecular complexity index is 321. The molecule has 1 fully saturated rings. The van der Waals surface area contributed by atoms with Gasteiger partial charge in [0.1, 0.15) is 11.6 Å². The van der Waals surface area contributed by atoms with Crippen LogP contribution in [0.15, 0.2) is 22.7 Å². The van der Waals surface area contributed by atoms with E-state index in [1.807, 2.05) is 0 Å². The summed E-state index contributed by atoms with van der Waals surface area (Å²) < 4.78 is 19.3. The van der Waals surface area contributed by atoms with Crippen LogP contribution in [0.3, 0.4) is 0 Å². The summed E-state index contributed by atoms with van der Waals surface area (Å²) in [5, 5.41) is 0. The van der Waals surface area contributed by atoms with Gasteiger partial charge < -0.3 is 4.74 Å². The lowest BCUT2D eigenvalue weighted by Gasteiger charge is -2.12. The van der Waals surface area contributed by atoms with Crippen LogP contribution in [0.4, 0.5) is 4.39 Å². The smallest absolute Gasteiger partial charge is 0.141 e. The number of hydrogen-bond acceptors (Lipinski definition) is 1. The topological polar surface area (TPSA) is 9.23 Å². The van der Waals surface area contributed by atoms with Crippen molar-refractivity contribution in [2.24, 2.45) is 0 Å². The van der Waals surface area contributed by atoms with Crippen LogP contribution in [0.1, 0.15) is 25.7 Å². The Balaban J connectivity index is 2.05. The fraction of sp³-hybridized carbons (Fsp3) is 0.455. The van der Waals surface area contributed by atoms with E-state index in [0.717, 1.165) is 12.8 Å². The van der Waals surface area contributed by atoms with Crippen LogP contribution in [0.2, 0.25) is 0 Å². The van der Waals surface area contributed by atoms with E-state index in [2.05, 4.69) is 15.9 Å². The molecule has 1 aromatic carbocycles. The highest BCUT2D eigenvalue weighted by Gasteiger charge is 2.16. The first-order valence-electron chi connectivity index (χ1n) is 4.87. The number of rotatable bonds is 2. The molecule has 2 rings (SSSR count). The van der Waals surface area contributed by atoms with Crippen molar-refractivity contribution in [2.45, 2.75) is 31.8 Å². The summed E-state index contributed by atoms with van der Waals surface area (Å²) in [5.74, 6) is 0.373. The monoisotopic (exact) mass is 258 g/mol. The van der Waals surface area contributed by atoms with Crippen LogP contribution in [0.5, 0.6) is 5.75 Å². The quantitative estimate of drug-likeness (QED) is 0.782. The summed E-state index contributed by atoms with van der Waals surface area (Å²) in [4.78, 5) is 0. The fourth-order valence-corrected chi connectivity index (χ4v) is 2.00. The highest BCUT2D eigenvalue weighted by Crippen LogP contribution is 2.26. The maximum Gasteiger partial charge on any atom is 0.141 e. The number of halogens is 2. The molecule has 0 bridgehead atoms. The van der Waals surface area contributed by atoms with E-state index >= 15 is 0 Å². The molecule has 0 amide bonds. The van der Waals surface area contributed by atoms with Crippen molar-refractivity contribution < 1.29 is 9.13 Å². The van der Waals surface area contributed by atoms with Crippen LogP contribution in [-0.2, 0) is 0 Å². The van der Waals surface area contributed by atoms with Gasteiger partial charge in [-0.1, -0.05) is 0 Å². The summed E-state index contributed by atoms with van der Waals surface area (Å²) in [7, 11) is 0. The second-order valence-electron chi connectivity index (χ2n) is 3.60. The largest absolute Gasteiger partial charge is 0.490 e. The summed E-state index contributed by atoms with van der Waals surface area (Å²) in [6.07, 6.45) is 4.93. The van der Waals surface area contributed by atoms with Crippen molar-refractivity contribution in [1.82, 2.24) is 0 Å². The molecule has 0 aromatic heterocycles. The van der Waals surface area contributed by atoms with Crippen molar-refractivity contribution in [2.75, 3.05) is 0 Å². The highest BCUT2D eigenvalue weighted by atomic mass is 79.9. The predicted molar refractivity (Wildman–Crippen MR) is 57.0 cm³/mol. The van der Waals surface area contributed by atoms with Gasteiger partial charge in [0, 0.05) is 6.07 Å². The van der Waals surface area contributed by atoms with E-state index in [0.29, 0.717) is 10.2 Å². The second kappa shape index (κ2) is 4.30. The maximum atomic E-state index is 13.1. The van der Waals surface area contributed by atoms with Crippen LogP contribution in [-0.4, -0.2) is 6.10 Å². The zero-order valence-electron chi connectivity index (χ0n) is 7.80. The van der Waals surface area contributed by atoms with Crippen LogP contribution in [0, 0.1) is 5.82 Å². The molecule has 1 aliphatic rings. The van der Waals surface area contributed by atoms with Crippen LogP contribution >= 0.6 is 15.9 Å². The van der Waals surface area contributed by atoms with Gasteiger partial charge in [-0.25, -0.2) is 4.39 Å². The minimum atomic E-state index is -0.263. The van der Waals surface area contributed by atoms with Crippen molar-refractivity contribution in [1.29, 1.82) is 0 Å². The lowest BCUT2D eigenvalue weighted by Crippen LogP contribution is -2.10. The van der Waals surface area contributed by atoms with Gasteiger partial charge in [0.25, 0.3) is 0 Å². The van der Waals surface area contributed by atoms with Crippen molar-refractivity contribution in [3.63, 3.8) is 0 Å². The molecule has 3 heteroatoms. The minimum absolute atomic E-state index is 0.263. The maximum absolute atomic E-state index is 13.1. The molecule has 0 spiro atoms. The zero-order chi connectivity index (χ0) is 9.97. The van der Waals surface area contributed by atoms with Gasteiger partial charge in [-0.3, -0.25) is 0 Å². The third kappa shape index (κ3) is 2.27. The molecular weight excluding hydrogens is 247 g/mol. The molecule has 0 aliphatic heterocycles. The van der Waals surface area contributed by atoms with Crippen LogP contribution in [0.25, 0.3) is 0 Å². The van der Waals surface area contributed by atoms with Gasteiger partial charge in [0.05, 0.1) is 10.6 Å². The third-order valence-electron chi connectivity index (χ3n) is 2.50. The van der Waals surface area contributed by atoms with Gasteiger partial charge in [-0.05, 0) is 53.7 Å². The van der Waals surface area contributed by atoms with Crippen molar-refractivity contribution in [3.05, 3.63) is 28.5 Å². The first-order valence-corrected chi connectivity index (χ1v) is 5.67. The molecule has 76 valence electrons. The molecule has 0 N–H and O–H groups in total. The summed E-state index contributed by atoms with van der Waals surface area (Å²) in [5.41, 5.74) is 0. The molecule has 14 heavy (non-hydrogen) atoms. The Morgan fingerprint density at radius 1 is 1.29 bits per heavy atom. The Morgan fingerprint density at radius 3 is 2.64 bits per heavy atom. The fourth-order valence-electron chi connectivity index (χ4n) is 1.75. The lowest BCUT2D eigenvalue weighted by atomic mass is 10.3. The average molecular weight is 259 g/mol. The summed E-state index contributed by atoms with van der Waals surface area (Å²) in [6.45, 7) is 0. The third-order valence-corrected chi connectivity index (χ3v) is 3.14. The van der Waals surface area contributed by atoms with Crippen molar-refractivity contribution in [3.8, 4) is 5.75 Å². The van der Waals surface area contributed by atoms with Gasteiger partial charge >= 0.3 is 0 Å². The van der Waals surface area contributed by atoms with E-state index < -0.39 is 0 Å². The summed E-state index contributed by atoms with van der Waals surface area (Å²) in [6, 6.07) is 4.91.